The number of nitrogen functional groups attached to an aromatic ring is 1. The van der Waals surface area contributed by atoms with Gasteiger partial charge in [0.15, 0.2) is 6.61 Å². The van der Waals surface area contributed by atoms with Gasteiger partial charge < -0.3 is 21.4 Å². The van der Waals surface area contributed by atoms with Crippen LogP contribution in [0.1, 0.15) is 31.7 Å². The number of amidine groups is 1. The molecule has 5 N–H and O–H groups in total. The van der Waals surface area contributed by atoms with Crippen LogP contribution in [-0.4, -0.2) is 44.6 Å². The average molecular weight is 503 g/mol. The number of alkyl halides is 2. The number of halogens is 3. The number of hydrogen-bond acceptors (Lipinski definition) is 9. The average Bonchev–Trinajstić information content (AvgIpc) is 2.80. The number of rotatable bonds is 8. The minimum absolute atomic E-state index is 0.0147. The zero-order valence-corrected chi connectivity index (χ0v) is 19.8. The first-order valence-corrected chi connectivity index (χ1v) is 10.7. The number of nitrogens with two attached hydrogens (primary N) is 2. The molecule has 0 radical (unpaired) electrons. The van der Waals surface area contributed by atoms with Gasteiger partial charge in [0.25, 0.3) is 6.43 Å². The summed E-state index contributed by atoms with van der Waals surface area (Å²) in [6, 6.07) is 8.12. The molecule has 0 spiro atoms. The van der Waals surface area contributed by atoms with Crippen molar-refractivity contribution in [3.63, 3.8) is 0 Å². The van der Waals surface area contributed by atoms with Crippen molar-refractivity contribution >= 4 is 11.8 Å². The number of ether oxygens (including phenoxy) is 1. The summed E-state index contributed by atoms with van der Waals surface area (Å²) in [6.07, 6.45) is -2.83. The minimum atomic E-state index is -2.83. The van der Waals surface area contributed by atoms with Crippen LogP contribution in [-0.2, 0) is 0 Å². The van der Waals surface area contributed by atoms with Crippen molar-refractivity contribution in [2.45, 2.75) is 32.8 Å². The highest BCUT2D eigenvalue weighted by Crippen LogP contribution is 2.39. The molecule has 0 unspecified atom stereocenters. The first-order valence-electron chi connectivity index (χ1n) is 10.7. The molecule has 3 rings (SSSR count). The molecule has 0 bridgehead atoms. The van der Waals surface area contributed by atoms with Crippen molar-refractivity contribution in [1.82, 2.24) is 15.0 Å². The third-order valence-corrected chi connectivity index (χ3v) is 4.63. The second kappa shape index (κ2) is 11.1. The molecule has 0 aliphatic heterocycles. The van der Waals surface area contributed by atoms with Gasteiger partial charge in [-0.15, -0.1) is 5.11 Å². The highest BCUT2D eigenvalue weighted by atomic mass is 19.3. The van der Waals surface area contributed by atoms with Crippen molar-refractivity contribution in [1.29, 1.82) is 0 Å². The Bertz CT molecular complexity index is 1280. The van der Waals surface area contributed by atoms with Crippen molar-refractivity contribution in [2.75, 3.05) is 18.9 Å². The van der Waals surface area contributed by atoms with Crippen LogP contribution in [0, 0.1) is 12.7 Å². The van der Waals surface area contributed by atoms with E-state index in [0.29, 0.717) is 11.3 Å². The summed E-state index contributed by atoms with van der Waals surface area (Å²) in [5.74, 6) is 4.62. The lowest BCUT2D eigenvalue weighted by molar-refractivity contribution is 0.0889. The van der Waals surface area contributed by atoms with E-state index in [2.05, 4.69) is 30.3 Å². The predicted molar refractivity (Wildman–Crippen MR) is 128 cm³/mol. The molecule has 0 saturated heterocycles. The number of anilines is 1. The van der Waals surface area contributed by atoms with E-state index in [0.717, 1.165) is 0 Å². The fourth-order valence-corrected chi connectivity index (χ4v) is 3.10. The third-order valence-electron chi connectivity index (χ3n) is 4.63. The maximum absolute atomic E-state index is 13.6. The normalized spacial score (nSPS) is 12.5. The summed E-state index contributed by atoms with van der Waals surface area (Å²) in [4.78, 5) is 12.3. The number of hydrogen-bond donors (Lipinski definition) is 3. The largest absolute Gasteiger partial charge is 0.469 e. The number of aromatic nitrogens is 3. The molecule has 0 atom stereocenters. The maximum atomic E-state index is 13.6. The molecule has 0 saturated carbocycles. The van der Waals surface area contributed by atoms with Crippen LogP contribution in [0.2, 0.25) is 0 Å². The van der Waals surface area contributed by atoms with Crippen molar-refractivity contribution in [3.05, 3.63) is 53.6 Å². The van der Waals surface area contributed by atoms with Gasteiger partial charge in [-0.05, 0) is 62.7 Å². The van der Waals surface area contributed by atoms with E-state index >= 15 is 0 Å². The number of hydrazone groups is 1. The Morgan fingerprint density at radius 2 is 1.81 bits per heavy atom. The van der Waals surface area contributed by atoms with Crippen LogP contribution in [0.4, 0.5) is 19.1 Å². The van der Waals surface area contributed by atoms with Gasteiger partial charge in [-0.2, -0.15) is 15.2 Å². The predicted octanol–water partition coefficient (Wildman–Crippen LogP) is 4.05. The SMILES string of the molecule is Cc1cc(-c2c(OC/C(N=NCC(C)(C)O)=N/N)nc(N)nc2-c2ccc(F)cc2)cc(C(F)F)n1. The number of aliphatic hydroxyl groups is 1. The first kappa shape index (κ1) is 26.5. The van der Waals surface area contributed by atoms with Gasteiger partial charge in [-0.1, -0.05) is 0 Å². The summed E-state index contributed by atoms with van der Waals surface area (Å²) in [6.45, 7) is 4.34. The van der Waals surface area contributed by atoms with Gasteiger partial charge in [-0.25, -0.2) is 18.2 Å². The molecule has 190 valence electrons. The summed E-state index contributed by atoms with van der Waals surface area (Å²) in [7, 11) is 0. The van der Waals surface area contributed by atoms with E-state index in [1.807, 2.05) is 0 Å². The molecule has 0 aliphatic carbocycles. The lowest BCUT2D eigenvalue weighted by atomic mass is 9.99. The Labute approximate surface area is 205 Å². The van der Waals surface area contributed by atoms with Crippen LogP contribution >= 0.6 is 0 Å². The maximum Gasteiger partial charge on any atom is 0.280 e. The number of nitrogens with zero attached hydrogens (tertiary/aromatic N) is 6. The van der Waals surface area contributed by atoms with Gasteiger partial charge in [0.05, 0.1) is 23.4 Å². The first-order chi connectivity index (χ1) is 17.0. The molecule has 2 aromatic heterocycles. The topological polar surface area (TPSA) is 157 Å². The fraction of sp³-hybridized carbons (Fsp3) is 0.304. The van der Waals surface area contributed by atoms with E-state index in [9.17, 15) is 18.3 Å². The highest BCUT2D eigenvalue weighted by molar-refractivity contribution is 5.86. The Morgan fingerprint density at radius 3 is 2.42 bits per heavy atom. The monoisotopic (exact) mass is 502 g/mol. The lowest BCUT2D eigenvalue weighted by Crippen LogP contribution is -2.22. The fourth-order valence-electron chi connectivity index (χ4n) is 3.10. The number of aryl methyl sites for hydroxylation is 1. The van der Waals surface area contributed by atoms with E-state index in [-0.39, 0.29) is 47.6 Å². The molecule has 2 heterocycles. The molecule has 1 aromatic carbocycles. The smallest absolute Gasteiger partial charge is 0.280 e. The van der Waals surface area contributed by atoms with Crippen molar-refractivity contribution in [2.24, 2.45) is 21.2 Å². The quantitative estimate of drug-likeness (QED) is 0.138. The zero-order valence-electron chi connectivity index (χ0n) is 19.8. The summed E-state index contributed by atoms with van der Waals surface area (Å²) >= 11 is 0. The number of pyridine rings is 1. The summed E-state index contributed by atoms with van der Waals surface area (Å²) < 4.78 is 46.4. The molecule has 3 aromatic rings. The molecule has 36 heavy (non-hydrogen) atoms. The number of benzene rings is 1. The highest BCUT2D eigenvalue weighted by Gasteiger charge is 2.22. The summed E-state index contributed by atoms with van der Waals surface area (Å²) in [5, 5.41) is 21.0. The molecule has 10 nitrogen and oxygen atoms in total. The van der Waals surface area contributed by atoms with Crippen LogP contribution in [0.25, 0.3) is 22.4 Å². The van der Waals surface area contributed by atoms with Gasteiger partial charge in [0.2, 0.25) is 17.7 Å². The molecule has 0 fully saturated rings. The molecule has 13 heteroatoms. The second-order valence-electron chi connectivity index (χ2n) is 8.39. The Balaban J connectivity index is 2.11. The summed E-state index contributed by atoms with van der Waals surface area (Å²) in [5.41, 5.74) is 5.84. The zero-order chi connectivity index (χ0) is 26.5. The van der Waals surface area contributed by atoms with Crippen LogP contribution in [0.5, 0.6) is 5.88 Å². The second-order valence-corrected chi connectivity index (χ2v) is 8.39. The number of azo groups is 1. The van der Waals surface area contributed by atoms with Gasteiger partial charge in [0, 0.05) is 11.3 Å². The van der Waals surface area contributed by atoms with Crippen LogP contribution in [0.15, 0.2) is 51.7 Å². The molecular weight excluding hydrogens is 477 g/mol. The van der Waals surface area contributed by atoms with E-state index in [1.54, 1.807) is 26.8 Å². The molecule has 0 aliphatic rings. The van der Waals surface area contributed by atoms with Crippen LogP contribution in [0.3, 0.4) is 0 Å². The minimum Gasteiger partial charge on any atom is -0.469 e. The van der Waals surface area contributed by atoms with Gasteiger partial charge >= 0.3 is 0 Å². The van der Waals surface area contributed by atoms with Crippen molar-refractivity contribution < 1.29 is 23.0 Å². The standard InChI is InChI=1S/C23H25F3N8O2/c1-12-8-14(9-16(30-12)20(25)26)18-19(13-4-6-15(24)7-5-13)31-22(27)32-21(18)36-10-17(33-28)34-29-11-23(2,3)35/h4-9,20,35H,10-11,28H2,1-3H3,(H2,27,31,32)/b33-17-,34-29?. The van der Waals surface area contributed by atoms with E-state index < -0.39 is 23.5 Å². The molecular formula is C23H25F3N8O2. The molecule has 0 amide bonds. The van der Waals surface area contributed by atoms with E-state index in [4.69, 9.17) is 16.3 Å². The van der Waals surface area contributed by atoms with Gasteiger partial charge in [-0.3, -0.25) is 4.98 Å². The Kier molecular flexibility index (Phi) is 8.14. The Morgan fingerprint density at radius 1 is 1.11 bits per heavy atom. The van der Waals surface area contributed by atoms with E-state index in [1.165, 1.54) is 30.3 Å². The van der Waals surface area contributed by atoms with Crippen LogP contribution < -0.4 is 16.3 Å². The lowest BCUT2D eigenvalue weighted by Gasteiger charge is -2.16. The van der Waals surface area contributed by atoms with Gasteiger partial charge in [0.1, 0.15) is 11.5 Å². The Hall–Kier alpha value is -4.13. The third kappa shape index (κ3) is 6.95. The van der Waals surface area contributed by atoms with Crippen molar-refractivity contribution in [3.8, 4) is 28.3 Å².